The summed E-state index contributed by atoms with van der Waals surface area (Å²) >= 11 is 0. The lowest BCUT2D eigenvalue weighted by Crippen LogP contribution is -2.03. The van der Waals surface area contributed by atoms with Crippen LogP contribution in [0.25, 0.3) is 11.3 Å². The molecule has 0 amide bonds. The number of rotatable bonds is 4. The van der Waals surface area contributed by atoms with Crippen molar-refractivity contribution in [2.24, 2.45) is 0 Å². The highest BCUT2D eigenvalue weighted by molar-refractivity contribution is 5.61. The zero-order valence-corrected chi connectivity index (χ0v) is 9.79. The molecule has 0 aliphatic rings. The summed E-state index contributed by atoms with van der Waals surface area (Å²) in [4.78, 5) is 0. The fourth-order valence-corrected chi connectivity index (χ4v) is 1.65. The molecule has 4 heteroatoms. The summed E-state index contributed by atoms with van der Waals surface area (Å²) in [5.41, 5.74) is 0.409. The summed E-state index contributed by atoms with van der Waals surface area (Å²) < 4.78 is 24.4. The molecule has 0 aliphatic carbocycles. The molecule has 0 spiro atoms. The SMILES string of the molecule is CNCc1ccc(-c2cccc(OC)c2F)o1. The fraction of sp³-hybridized carbons (Fsp3) is 0.231. The standard InChI is InChI=1S/C13H14FNO2/c1-15-8-9-6-7-11(17-9)10-4-3-5-12(16-2)13(10)14/h3-7,15H,8H2,1-2H3. The summed E-state index contributed by atoms with van der Waals surface area (Å²) in [7, 11) is 3.27. The number of furan rings is 1. The minimum Gasteiger partial charge on any atom is -0.494 e. The molecule has 17 heavy (non-hydrogen) atoms. The van der Waals surface area contributed by atoms with E-state index in [0.29, 0.717) is 17.9 Å². The summed E-state index contributed by atoms with van der Waals surface area (Å²) in [5.74, 6) is 1.09. The average Bonchev–Trinajstić information content (AvgIpc) is 2.78. The Morgan fingerprint density at radius 3 is 2.82 bits per heavy atom. The predicted molar refractivity (Wildman–Crippen MR) is 63.4 cm³/mol. The second-order valence-electron chi connectivity index (χ2n) is 3.62. The first kappa shape index (κ1) is 11.7. The topological polar surface area (TPSA) is 34.4 Å². The molecule has 1 heterocycles. The average molecular weight is 235 g/mol. The normalized spacial score (nSPS) is 10.5. The second kappa shape index (κ2) is 5.01. The third-order valence-corrected chi connectivity index (χ3v) is 2.46. The van der Waals surface area contributed by atoms with Crippen molar-refractivity contribution in [3.05, 3.63) is 41.9 Å². The minimum atomic E-state index is -0.402. The van der Waals surface area contributed by atoms with Crippen molar-refractivity contribution in [3.8, 4) is 17.1 Å². The molecule has 1 N–H and O–H groups in total. The van der Waals surface area contributed by atoms with Crippen LogP contribution in [0.3, 0.4) is 0 Å². The van der Waals surface area contributed by atoms with Crippen LogP contribution < -0.4 is 10.1 Å². The molecule has 2 aromatic rings. The van der Waals surface area contributed by atoms with Crippen LogP contribution >= 0.6 is 0 Å². The first-order valence-corrected chi connectivity index (χ1v) is 5.32. The Morgan fingerprint density at radius 2 is 2.12 bits per heavy atom. The monoisotopic (exact) mass is 235 g/mol. The van der Waals surface area contributed by atoms with Gasteiger partial charge in [-0.05, 0) is 31.3 Å². The molecule has 1 aromatic carbocycles. The van der Waals surface area contributed by atoms with E-state index in [9.17, 15) is 4.39 Å². The van der Waals surface area contributed by atoms with Crippen LogP contribution in [0.2, 0.25) is 0 Å². The number of ether oxygens (including phenoxy) is 1. The van der Waals surface area contributed by atoms with Crippen LogP contribution in [0.5, 0.6) is 5.75 Å². The lowest BCUT2D eigenvalue weighted by Gasteiger charge is -2.04. The van der Waals surface area contributed by atoms with E-state index < -0.39 is 5.82 Å². The van der Waals surface area contributed by atoms with Crippen molar-refractivity contribution in [2.45, 2.75) is 6.54 Å². The van der Waals surface area contributed by atoms with Crippen molar-refractivity contribution < 1.29 is 13.5 Å². The van der Waals surface area contributed by atoms with Gasteiger partial charge in [-0.3, -0.25) is 0 Å². The van der Waals surface area contributed by atoms with Crippen LogP contribution in [0, 0.1) is 5.82 Å². The maximum Gasteiger partial charge on any atom is 0.175 e. The van der Waals surface area contributed by atoms with Crippen LogP contribution in [0.1, 0.15) is 5.76 Å². The Labute approximate surface area is 99.2 Å². The number of nitrogens with one attached hydrogen (secondary N) is 1. The Balaban J connectivity index is 2.38. The van der Waals surface area contributed by atoms with Crippen LogP contribution in [0.15, 0.2) is 34.7 Å². The first-order chi connectivity index (χ1) is 8.26. The van der Waals surface area contributed by atoms with Gasteiger partial charge < -0.3 is 14.5 Å². The molecule has 0 fully saturated rings. The smallest absolute Gasteiger partial charge is 0.175 e. The third-order valence-electron chi connectivity index (χ3n) is 2.46. The van der Waals surface area contributed by atoms with Gasteiger partial charge in [-0.2, -0.15) is 0 Å². The second-order valence-corrected chi connectivity index (χ2v) is 3.62. The van der Waals surface area contributed by atoms with Gasteiger partial charge in [-0.1, -0.05) is 6.07 Å². The predicted octanol–water partition coefficient (Wildman–Crippen LogP) is 2.81. The van der Waals surface area contributed by atoms with Crippen molar-refractivity contribution >= 4 is 0 Å². The maximum atomic E-state index is 14.0. The van der Waals surface area contributed by atoms with E-state index in [0.717, 1.165) is 5.76 Å². The molecule has 0 bridgehead atoms. The zero-order valence-electron chi connectivity index (χ0n) is 9.79. The molecule has 90 valence electrons. The Morgan fingerprint density at radius 1 is 1.29 bits per heavy atom. The van der Waals surface area contributed by atoms with E-state index in [-0.39, 0.29) is 5.75 Å². The van der Waals surface area contributed by atoms with Crippen molar-refractivity contribution in [3.63, 3.8) is 0 Å². The van der Waals surface area contributed by atoms with Gasteiger partial charge in [-0.25, -0.2) is 4.39 Å². The highest BCUT2D eigenvalue weighted by atomic mass is 19.1. The highest BCUT2D eigenvalue weighted by Crippen LogP contribution is 2.30. The van der Waals surface area contributed by atoms with Crippen molar-refractivity contribution in [1.29, 1.82) is 0 Å². The van der Waals surface area contributed by atoms with Gasteiger partial charge in [0.1, 0.15) is 11.5 Å². The molecule has 1 aromatic heterocycles. The summed E-state index contributed by atoms with van der Waals surface area (Å²) in [6.07, 6.45) is 0. The lowest BCUT2D eigenvalue weighted by atomic mass is 10.1. The van der Waals surface area contributed by atoms with E-state index in [1.54, 1.807) is 24.3 Å². The largest absolute Gasteiger partial charge is 0.494 e. The van der Waals surface area contributed by atoms with Gasteiger partial charge in [0.05, 0.1) is 19.2 Å². The van der Waals surface area contributed by atoms with Gasteiger partial charge >= 0.3 is 0 Å². The summed E-state index contributed by atoms with van der Waals surface area (Å²) in [6, 6.07) is 8.56. The lowest BCUT2D eigenvalue weighted by molar-refractivity contribution is 0.386. The first-order valence-electron chi connectivity index (χ1n) is 5.32. The number of methoxy groups -OCH3 is 1. The molecule has 0 saturated heterocycles. The van der Waals surface area contributed by atoms with Crippen LogP contribution in [0.4, 0.5) is 4.39 Å². The quantitative estimate of drug-likeness (QED) is 0.884. The highest BCUT2D eigenvalue weighted by Gasteiger charge is 2.13. The van der Waals surface area contributed by atoms with E-state index in [4.69, 9.17) is 9.15 Å². The maximum absolute atomic E-state index is 14.0. The van der Waals surface area contributed by atoms with E-state index in [1.807, 2.05) is 13.1 Å². The van der Waals surface area contributed by atoms with Crippen LogP contribution in [-0.2, 0) is 6.54 Å². The minimum absolute atomic E-state index is 0.217. The van der Waals surface area contributed by atoms with Crippen molar-refractivity contribution in [2.75, 3.05) is 14.2 Å². The van der Waals surface area contributed by atoms with Gasteiger partial charge in [-0.15, -0.1) is 0 Å². The third kappa shape index (κ3) is 2.31. The van der Waals surface area contributed by atoms with E-state index >= 15 is 0 Å². The molecular formula is C13H14FNO2. The zero-order chi connectivity index (χ0) is 12.3. The summed E-state index contributed by atoms with van der Waals surface area (Å²) in [6.45, 7) is 0.617. The van der Waals surface area contributed by atoms with E-state index in [2.05, 4.69) is 5.32 Å². The molecule has 0 aliphatic heterocycles. The molecule has 3 nitrogen and oxygen atoms in total. The number of hydrogen-bond acceptors (Lipinski definition) is 3. The van der Waals surface area contributed by atoms with Crippen molar-refractivity contribution in [1.82, 2.24) is 5.32 Å². The van der Waals surface area contributed by atoms with Gasteiger partial charge in [0.15, 0.2) is 11.6 Å². The Bertz CT molecular complexity index is 508. The van der Waals surface area contributed by atoms with Gasteiger partial charge in [0, 0.05) is 0 Å². The molecule has 0 unspecified atom stereocenters. The number of halogens is 1. The van der Waals surface area contributed by atoms with Gasteiger partial charge in [0.2, 0.25) is 0 Å². The Kier molecular flexibility index (Phi) is 3.44. The molecule has 0 saturated carbocycles. The summed E-state index contributed by atoms with van der Waals surface area (Å²) in [5, 5.41) is 2.97. The van der Waals surface area contributed by atoms with Crippen LogP contribution in [-0.4, -0.2) is 14.2 Å². The number of hydrogen-bond donors (Lipinski definition) is 1. The number of benzene rings is 1. The molecule has 0 radical (unpaired) electrons. The Hall–Kier alpha value is -1.81. The van der Waals surface area contributed by atoms with E-state index in [1.165, 1.54) is 7.11 Å². The molecule has 0 atom stereocenters. The molecule has 2 rings (SSSR count). The van der Waals surface area contributed by atoms with Gasteiger partial charge in [0.25, 0.3) is 0 Å². The molecular weight excluding hydrogens is 221 g/mol. The fourth-order valence-electron chi connectivity index (χ4n) is 1.65.